The van der Waals surface area contributed by atoms with Crippen LogP contribution in [-0.2, 0) is 0 Å². The maximum absolute atomic E-state index is 6.13. The molecule has 0 aromatic carbocycles. The van der Waals surface area contributed by atoms with Crippen molar-refractivity contribution in [3.8, 4) is 0 Å². The Bertz CT molecular complexity index is 238. The van der Waals surface area contributed by atoms with Crippen LogP contribution in [0.3, 0.4) is 0 Å². The lowest BCUT2D eigenvalue weighted by atomic mass is 9.59. The second-order valence-electron chi connectivity index (χ2n) is 7.92. The Morgan fingerprint density at radius 2 is 1.11 bits per heavy atom. The van der Waals surface area contributed by atoms with Gasteiger partial charge in [-0.2, -0.15) is 0 Å². The van der Waals surface area contributed by atoms with Crippen LogP contribution in [0.15, 0.2) is 0 Å². The Labute approximate surface area is 114 Å². The van der Waals surface area contributed by atoms with Gasteiger partial charge in [-0.05, 0) is 48.6 Å². The first-order chi connectivity index (χ1) is 7.90. The molecule has 0 aromatic rings. The molecule has 0 aromatic heterocycles. The van der Waals surface area contributed by atoms with Crippen molar-refractivity contribution in [3.63, 3.8) is 0 Å². The zero-order chi connectivity index (χ0) is 14.8. The number of rotatable bonds is 7. The molecule has 0 heterocycles. The van der Waals surface area contributed by atoms with Gasteiger partial charge in [0, 0.05) is 6.04 Å². The Balaban J connectivity index is 5.27. The van der Waals surface area contributed by atoms with Gasteiger partial charge in [0.15, 0.2) is 0 Å². The van der Waals surface area contributed by atoms with E-state index in [9.17, 15) is 0 Å². The summed E-state index contributed by atoms with van der Waals surface area (Å²) < 4.78 is 0. The van der Waals surface area contributed by atoms with E-state index in [1.54, 1.807) is 0 Å². The van der Waals surface area contributed by atoms with Gasteiger partial charge in [0.05, 0.1) is 0 Å². The summed E-state index contributed by atoms with van der Waals surface area (Å²) >= 11 is 0. The third kappa shape index (κ3) is 4.22. The van der Waals surface area contributed by atoms with Gasteiger partial charge in [0.25, 0.3) is 0 Å². The molecule has 3 heteroatoms. The average molecular weight is 257 g/mol. The van der Waals surface area contributed by atoms with Gasteiger partial charge >= 0.3 is 0 Å². The van der Waals surface area contributed by atoms with Crippen molar-refractivity contribution < 1.29 is 0 Å². The van der Waals surface area contributed by atoms with Crippen LogP contribution < -0.4 is 17.2 Å². The van der Waals surface area contributed by atoms with E-state index in [2.05, 4.69) is 48.5 Å². The molecule has 6 N–H and O–H groups in total. The fourth-order valence-corrected chi connectivity index (χ4v) is 2.61. The van der Waals surface area contributed by atoms with Gasteiger partial charge in [0.1, 0.15) is 0 Å². The molecule has 0 rings (SSSR count). The largest absolute Gasteiger partial charge is 0.330 e. The van der Waals surface area contributed by atoms with E-state index < -0.39 is 0 Å². The second kappa shape index (κ2) is 5.89. The van der Waals surface area contributed by atoms with E-state index in [1.165, 1.54) is 0 Å². The summed E-state index contributed by atoms with van der Waals surface area (Å²) in [5, 5.41) is 0. The van der Waals surface area contributed by atoms with E-state index in [4.69, 9.17) is 17.2 Å². The first-order valence-electron chi connectivity index (χ1n) is 7.06. The standard InChI is InChI=1S/C15H35N3/c1-11(18)13(2,3)8-12(14(4,5)9-16)15(6,7)10-17/h11-12H,8-10,16-18H2,1-7H3. The summed E-state index contributed by atoms with van der Waals surface area (Å²) in [6.45, 7) is 16.9. The van der Waals surface area contributed by atoms with Crippen LogP contribution in [0, 0.1) is 22.2 Å². The summed E-state index contributed by atoms with van der Waals surface area (Å²) in [6, 6.07) is 0.169. The number of hydrogen-bond donors (Lipinski definition) is 3. The minimum absolute atomic E-state index is 0.0784. The van der Waals surface area contributed by atoms with Gasteiger partial charge < -0.3 is 17.2 Å². The first-order valence-corrected chi connectivity index (χ1v) is 7.06. The molecule has 3 nitrogen and oxygen atoms in total. The summed E-state index contributed by atoms with van der Waals surface area (Å²) in [7, 11) is 0. The van der Waals surface area contributed by atoms with Gasteiger partial charge in [0.2, 0.25) is 0 Å². The highest BCUT2D eigenvalue weighted by molar-refractivity contribution is 4.94. The van der Waals surface area contributed by atoms with E-state index in [-0.39, 0.29) is 22.3 Å². The second-order valence-corrected chi connectivity index (χ2v) is 7.92. The van der Waals surface area contributed by atoms with Crippen LogP contribution in [0.2, 0.25) is 0 Å². The van der Waals surface area contributed by atoms with Crippen molar-refractivity contribution in [2.45, 2.75) is 60.9 Å². The first kappa shape index (κ1) is 17.9. The third-order valence-electron chi connectivity index (χ3n) is 4.90. The summed E-state index contributed by atoms with van der Waals surface area (Å²) in [6.07, 6.45) is 1.05. The molecule has 0 amide bonds. The van der Waals surface area contributed by atoms with Crippen LogP contribution in [0.5, 0.6) is 0 Å². The van der Waals surface area contributed by atoms with Crippen molar-refractivity contribution >= 4 is 0 Å². The molecule has 0 saturated heterocycles. The van der Waals surface area contributed by atoms with E-state index in [0.29, 0.717) is 19.0 Å². The summed E-state index contributed by atoms with van der Waals surface area (Å²) in [4.78, 5) is 0. The Morgan fingerprint density at radius 3 is 1.33 bits per heavy atom. The van der Waals surface area contributed by atoms with Crippen LogP contribution in [0.25, 0.3) is 0 Å². The molecule has 0 bridgehead atoms. The quantitative estimate of drug-likeness (QED) is 0.655. The smallest absolute Gasteiger partial charge is 0.00618 e. The van der Waals surface area contributed by atoms with Gasteiger partial charge in [-0.1, -0.05) is 41.5 Å². The topological polar surface area (TPSA) is 78.1 Å². The Kier molecular flexibility index (Phi) is 5.85. The lowest BCUT2D eigenvalue weighted by molar-refractivity contribution is 0.0348. The molecule has 0 aliphatic rings. The van der Waals surface area contributed by atoms with E-state index in [0.717, 1.165) is 6.42 Å². The predicted octanol–water partition coefficient (Wildman–Crippen LogP) is 2.34. The van der Waals surface area contributed by atoms with Crippen LogP contribution >= 0.6 is 0 Å². The van der Waals surface area contributed by atoms with Crippen molar-refractivity contribution in [2.24, 2.45) is 39.4 Å². The molecular formula is C15H35N3. The van der Waals surface area contributed by atoms with E-state index in [1.807, 2.05) is 0 Å². The molecule has 1 atom stereocenters. The SMILES string of the molecule is CC(N)C(C)(C)CC(C(C)(C)CN)C(C)(C)CN. The van der Waals surface area contributed by atoms with Crippen LogP contribution in [0.4, 0.5) is 0 Å². The Hall–Kier alpha value is -0.120. The van der Waals surface area contributed by atoms with Crippen molar-refractivity contribution in [3.05, 3.63) is 0 Å². The molecule has 0 saturated carbocycles. The van der Waals surface area contributed by atoms with Gasteiger partial charge in [-0.25, -0.2) is 0 Å². The fourth-order valence-electron chi connectivity index (χ4n) is 2.61. The van der Waals surface area contributed by atoms with Crippen LogP contribution in [0.1, 0.15) is 54.9 Å². The minimum atomic E-state index is 0.0784. The van der Waals surface area contributed by atoms with Gasteiger partial charge in [-0.3, -0.25) is 0 Å². The maximum Gasteiger partial charge on any atom is 0.00618 e. The molecule has 1 unspecified atom stereocenters. The van der Waals surface area contributed by atoms with E-state index >= 15 is 0 Å². The number of hydrogen-bond acceptors (Lipinski definition) is 3. The molecule has 0 spiro atoms. The van der Waals surface area contributed by atoms with Crippen molar-refractivity contribution in [1.29, 1.82) is 0 Å². The minimum Gasteiger partial charge on any atom is -0.330 e. The highest BCUT2D eigenvalue weighted by Crippen LogP contribution is 2.46. The molecule has 0 fully saturated rings. The van der Waals surface area contributed by atoms with Crippen LogP contribution in [-0.4, -0.2) is 19.1 Å². The summed E-state index contributed by atoms with van der Waals surface area (Å²) in [5.74, 6) is 0.459. The lowest BCUT2D eigenvalue weighted by Crippen LogP contribution is -2.48. The predicted molar refractivity (Wildman–Crippen MR) is 81.2 cm³/mol. The zero-order valence-corrected chi connectivity index (χ0v) is 13.5. The molecule has 18 heavy (non-hydrogen) atoms. The zero-order valence-electron chi connectivity index (χ0n) is 13.5. The Morgan fingerprint density at radius 1 is 0.778 bits per heavy atom. The van der Waals surface area contributed by atoms with Crippen molar-refractivity contribution in [2.75, 3.05) is 13.1 Å². The molecule has 0 aliphatic carbocycles. The monoisotopic (exact) mass is 257 g/mol. The fraction of sp³-hybridized carbons (Fsp3) is 1.00. The van der Waals surface area contributed by atoms with Crippen molar-refractivity contribution in [1.82, 2.24) is 0 Å². The maximum atomic E-state index is 6.13. The third-order valence-corrected chi connectivity index (χ3v) is 4.90. The lowest BCUT2D eigenvalue weighted by Gasteiger charge is -2.48. The van der Waals surface area contributed by atoms with Gasteiger partial charge in [-0.15, -0.1) is 0 Å². The summed E-state index contributed by atoms with van der Waals surface area (Å²) in [5.41, 5.74) is 18.3. The molecular weight excluding hydrogens is 222 g/mol. The molecule has 0 aliphatic heterocycles. The normalized spacial score (nSPS) is 16.2. The number of nitrogens with two attached hydrogens (primary N) is 3. The average Bonchev–Trinajstić information content (AvgIpc) is 2.25. The highest BCUT2D eigenvalue weighted by Gasteiger charge is 2.42. The molecule has 110 valence electrons. The molecule has 0 radical (unpaired) electrons. The highest BCUT2D eigenvalue weighted by atomic mass is 14.7.